The molecule has 8 nitrogen and oxygen atoms in total. The molecular formula is C15H24O8. The van der Waals surface area contributed by atoms with E-state index in [1.807, 2.05) is 0 Å². The minimum Gasteiger partial charge on any atom is -0.481 e. The fraction of sp³-hybridized carbons (Fsp3) is 0.733. The molecule has 0 bridgehead atoms. The van der Waals surface area contributed by atoms with Crippen molar-refractivity contribution in [2.24, 2.45) is 16.2 Å². The van der Waals surface area contributed by atoms with E-state index in [-0.39, 0.29) is 19.3 Å². The predicted octanol–water partition coefficient (Wildman–Crippen LogP) is 1.92. The van der Waals surface area contributed by atoms with Gasteiger partial charge in [0.15, 0.2) is 0 Å². The predicted molar refractivity (Wildman–Crippen MR) is 79.0 cm³/mol. The quantitative estimate of drug-likeness (QED) is 0.443. The molecule has 0 aromatic heterocycles. The van der Waals surface area contributed by atoms with Crippen molar-refractivity contribution in [3.05, 3.63) is 0 Å². The molecule has 4 N–H and O–H groups in total. The average Bonchev–Trinajstić information content (AvgIpc) is 2.46. The molecule has 0 aromatic rings. The molecule has 0 fully saturated rings. The van der Waals surface area contributed by atoms with Crippen LogP contribution in [0.1, 0.15) is 53.4 Å². The Bertz CT molecular complexity index is 461. The Morgan fingerprint density at radius 3 is 1.04 bits per heavy atom. The van der Waals surface area contributed by atoms with Crippen molar-refractivity contribution >= 4 is 23.9 Å². The van der Waals surface area contributed by atoms with E-state index in [1.54, 1.807) is 20.8 Å². The fourth-order valence-corrected chi connectivity index (χ4v) is 4.05. The van der Waals surface area contributed by atoms with Gasteiger partial charge in [-0.15, -0.1) is 0 Å². The molecule has 8 heteroatoms. The van der Waals surface area contributed by atoms with E-state index in [9.17, 15) is 39.6 Å². The molecule has 1 unspecified atom stereocenters. The summed E-state index contributed by atoms with van der Waals surface area (Å²) in [6, 6.07) is 0. The van der Waals surface area contributed by atoms with Gasteiger partial charge in [-0.2, -0.15) is 0 Å². The number of carboxylic acids is 4. The molecule has 132 valence electrons. The maximum Gasteiger partial charge on any atom is 0.334 e. The zero-order chi connectivity index (χ0) is 18.6. The van der Waals surface area contributed by atoms with Crippen LogP contribution in [0.5, 0.6) is 0 Å². The smallest absolute Gasteiger partial charge is 0.334 e. The second-order valence-electron chi connectivity index (χ2n) is 5.57. The first-order valence-electron chi connectivity index (χ1n) is 7.45. The Morgan fingerprint density at radius 1 is 0.609 bits per heavy atom. The van der Waals surface area contributed by atoms with E-state index < -0.39 is 46.5 Å². The minimum absolute atomic E-state index is 0.135. The lowest BCUT2D eigenvalue weighted by Crippen LogP contribution is -2.67. The molecule has 0 aliphatic carbocycles. The maximum atomic E-state index is 12.1. The van der Waals surface area contributed by atoms with Crippen LogP contribution in [0.3, 0.4) is 0 Å². The summed E-state index contributed by atoms with van der Waals surface area (Å²) in [5.41, 5.74) is -7.28. The third-order valence-corrected chi connectivity index (χ3v) is 5.43. The molecule has 0 heterocycles. The molecule has 0 aliphatic heterocycles. The number of hydrogen-bond donors (Lipinski definition) is 4. The first-order valence-corrected chi connectivity index (χ1v) is 7.45. The second-order valence-corrected chi connectivity index (χ2v) is 5.57. The van der Waals surface area contributed by atoms with Crippen LogP contribution >= 0.6 is 0 Å². The molecule has 0 spiro atoms. The highest BCUT2D eigenvalue weighted by Gasteiger charge is 2.76. The van der Waals surface area contributed by atoms with E-state index in [1.165, 1.54) is 6.92 Å². The fourth-order valence-electron chi connectivity index (χ4n) is 4.05. The number of aliphatic carboxylic acids is 4. The molecule has 0 amide bonds. The number of rotatable bonds is 10. The van der Waals surface area contributed by atoms with Crippen LogP contribution in [-0.4, -0.2) is 44.3 Å². The van der Waals surface area contributed by atoms with Crippen LogP contribution in [0.2, 0.25) is 0 Å². The molecule has 0 saturated carbocycles. The van der Waals surface area contributed by atoms with E-state index in [2.05, 4.69) is 0 Å². The second kappa shape index (κ2) is 6.97. The normalized spacial score (nSPS) is 14.8. The first-order chi connectivity index (χ1) is 10.5. The van der Waals surface area contributed by atoms with Gasteiger partial charge in [0.25, 0.3) is 5.41 Å². The van der Waals surface area contributed by atoms with E-state index in [4.69, 9.17) is 0 Å². The van der Waals surface area contributed by atoms with Crippen molar-refractivity contribution < 1.29 is 39.6 Å². The van der Waals surface area contributed by atoms with E-state index in [0.717, 1.165) is 0 Å². The average molecular weight is 332 g/mol. The molecule has 0 aromatic carbocycles. The monoisotopic (exact) mass is 332 g/mol. The lowest BCUT2D eigenvalue weighted by Gasteiger charge is -2.52. The largest absolute Gasteiger partial charge is 0.481 e. The summed E-state index contributed by atoms with van der Waals surface area (Å²) in [6.07, 6.45) is -0.0378. The van der Waals surface area contributed by atoms with E-state index >= 15 is 0 Å². The summed E-state index contributed by atoms with van der Waals surface area (Å²) >= 11 is 0. The van der Waals surface area contributed by atoms with Crippen LogP contribution in [-0.2, 0) is 19.2 Å². The lowest BCUT2D eigenvalue weighted by molar-refractivity contribution is -0.210. The van der Waals surface area contributed by atoms with Gasteiger partial charge in [-0.1, -0.05) is 27.7 Å². The highest BCUT2D eigenvalue weighted by Crippen LogP contribution is 2.60. The van der Waals surface area contributed by atoms with Crippen LogP contribution in [0.4, 0.5) is 0 Å². The Kier molecular flexibility index (Phi) is 6.33. The Hall–Kier alpha value is -2.12. The number of carbonyl (C=O) groups is 4. The van der Waals surface area contributed by atoms with Gasteiger partial charge in [-0.25, -0.2) is 0 Å². The first kappa shape index (κ1) is 20.9. The Morgan fingerprint density at radius 2 is 0.913 bits per heavy atom. The van der Waals surface area contributed by atoms with Crippen LogP contribution < -0.4 is 0 Å². The molecule has 0 saturated heterocycles. The Labute approximate surface area is 134 Å². The van der Waals surface area contributed by atoms with Gasteiger partial charge in [-0.3, -0.25) is 19.2 Å². The molecule has 0 radical (unpaired) electrons. The molecule has 0 rings (SSSR count). The Balaban J connectivity index is 7.30. The lowest BCUT2D eigenvalue weighted by atomic mass is 9.46. The molecule has 1 atom stereocenters. The van der Waals surface area contributed by atoms with Crippen LogP contribution in [0.15, 0.2) is 0 Å². The van der Waals surface area contributed by atoms with Crippen LogP contribution in [0.25, 0.3) is 0 Å². The van der Waals surface area contributed by atoms with Gasteiger partial charge in [0.05, 0.1) is 0 Å². The van der Waals surface area contributed by atoms with Gasteiger partial charge in [0.1, 0.15) is 5.41 Å². The van der Waals surface area contributed by atoms with Gasteiger partial charge < -0.3 is 20.4 Å². The summed E-state index contributed by atoms with van der Waals surface area (Å²) in [7, 11) is 0. The minimum atomic E-state index is -3.48. The van der Waals surface area contributed by atoms with Crippen molar-refractivity contribution in [2.45, 2.75) is 53.4 Å². The third kappa shape index (κ3) is 2.36. The highest BCUT2D eigenvalue weighted by atomic mass is 16.4. The zero-order valence-corrected chi connectivity index (χ0v) is 13.8. The van der Waals surface area contributed by atoms with Gasteiger partial charge in [-0.05, 0) is 31.1 Å². The summed E-state index contributed by atoms with van der Waals surface area (Å²) in [5.74, 6) is -8.26. The van der Waals surface area contributed by atoms with Crippen molar-refractivity contribution in [1.82, 2.24) is 0 Å². The van der Waals surface area contributed by atoms with E-state index in [0.29, 0.717) is 0 Å². The summed E-state index contributed by atoms with van der Waals surface area (Å²) in [5, 5.41) is 38.4. The maximum absolute atomic E-state index is 12.1. The summed E-state index contributed by atoms with van der Waals surface area (Å²) in [6.45, 7) is 6.14. The number of hydrogen-bond acceptors (Lipinski definition) is 4. The van der Waals surface area contributed by atoms with Crippen molar-refractivity contribution in [1.29, 1.82) is 0 Å². The van der Waals surface area contributed by atoms with Crippen LogP contribution in [0, 0.1) is 16.2 Å². The topological polar surface area (TPSA) is 149 Å². The van der Waals surface area contributed by atoms with Gasteiger partial charge in [0.2, 0.25) is 0 Å². The SMILES string of the molecule is CCC(CC)(CC)C(CC)(C(=O)O)C(C(=O)O)(C(=O)O)C(=O)O. The highest BCUT2D eigenvalue weighted by molar-refractivity contribution is 6.20. The molecule has 23 heavy (non-hydrogen) atoms. The zero-order valence-electron chi connectivity index (χ0n) is 13.8. The molecular weight excluding hydrogens is 308 g/mol. The van der Waals surface area contributed by atoms with Gasteiger partial charge >= 0.3 is 23.9 Å². The van der Waals surface area contributed by atoms with Crippen molar-refractivity contribution in [3.63, 3.8) is 0 Å². The van der Waals surface area contributed by atoms with Crippen molar-refractivity contribution in [2.75, 3.05) is 0 Å². The summed E-state index contributed by atoms with van der Waals surface area (Å²) in [4.78, 5) is 47.5. The number of carboxylic acid groups (broad SMARTS) is 4. The standard InChI is InChI=1S/C15H24O8/c1-5-13(6-2,7-3)14(8-4,9(16)17)15(10(18)19,11(20)21)12(22)23/h5-8H2,1-4H3,(H,16,17)(H,18,19)(H,20,21)(H,22,23). The van der Waals surface area contributed by atoms with Gasteiger partial charge in [0, 0.05) is 0 Å². The molecule has 0 aliphatic rings. The van der Waals surface area contributed by atoms with Crippen molar-refractivity contribution in [3.8, 4) is 0 Å². The summed E-state index contributed by atoms with van der Waals surface area (Å²) < 4.78 is 0. The third-order valence-electron chi connectivity index (χ3n) is 5.43.